The zero-order valence-corrected chi connectivity index (χ0v) is 11.9. The van der Waals surface area contributed by atoms with Crippen LogP contribution < -0.4 is 0 Å². The smallest absolute Gasteiger partial charge is 0.222 e. The molecule has 1 aromatic rings. The molecule has 2 nitrogen and oxygen atoms in total. The zero-order valence-electron chi connectivity index (χ0n) is 9.79. The fourth-order valence-corrected chi connectivity index (χ4v) is 3.09. The van der Waals surface area contributed by atoms with Gasteiger partial charge in [-0.3, -0.25) is 4.79 Å². The van der Waals surface area contributed by atoms with Crippen LogP contribution in [0.5, 0.6) is 0 Å². The van der Waals surface area contributed by atoms with Crippen LogP contribution in [0.4, 0.5) is 0 Å². The van der Waals surface area contributed by atoms with E-state index in [-0.39, 0.29) is 5.41 Å². The molecule has 0 radical (unpaired) electrons. The van der Waals surface area contributed by atoms with Crippen LogP contribution in [0.15, 0.2) is 24.3 Å². The van der Waals surface area contributed by atoms with Gasteiger partial charge < -0.3 is 4.90 Å². The normalized spacial score (nSPS) is 21.9. The van der Waals surface area contributed by atoms with Crippen molar-refractivity contribution >= 4 is 28.5 Å². The summed E-state index contributed by atoms with van der Waals surface area (Å²) in [5.41, 5.74) is 1.70. The number of nitrogens with zero attached hydrogens (tertiary/aromatic N) is 1. The van der Waals surface area contributed by atoms with Gasteiger partial charge in [0.15, 0.2) is 0 Å². The van der Waals surface area contributed by atoms with Crippen LogP contribution in [-0.2, 0) is 10.2 Å². The summed E-state index contributed by atoms with van der Waals surface area (Å²) in [6.07, 6.45) is 4.26. The van der Waals surface area contributed by atoms with Gasteiger partial charge in [-0.1, -0.05) is 12.1 Å². The highest BCUT2D eigenvalue weighted by molar-refractivity contribution is 14.1. The van der Waals surface area contributed by atoms with Gasteiger partial charge in [-0.15, -0.1) is 0 Å². The molecule has 2 fully saturated rings. The minimum atomic E-state index is 0.282. The number of hydrogen-bond acceptors (Lipinski definition) is 1. The summed E-state index contributed by atoms with van der Waals surface area (Å²) < 4.78 is 1.28. The molecule has 2 aliphatic rings. The van der Waals surface area contributed by atoms with Gasteiger partial charge in [-0.2, -0.15) is 0 Å². The van der Waals surface area contributed by atoms with E-state index < -0.39 is 0 Å². The third-order valence-electron chi connectivity index (χ3n) is 3.98. The van der Waals surface area contributed by atoms with Crippen LogP contribution >= 0.6 is 22.6 Å². The highest BCUT2D eigenvalue weighted by Gasteiger charge is 2.46. The molecular weight excluding hydrogens is 325 g/mol. The number of amides is 1. The molecule has 1 saturated carbocycles. The Morgan fingerprint density at radius 1 is 1.24 bits per heavy atom. The lowest BCUT2D eigenvalue weighted by molar-refractivity contribution is -0.128. The van der Waals surface area contributed by atoms with Crippen LogP contribution in [0.25, 0.3) is 0 Å². The van der Waals surface area contributed by atoms with Crippen LogP contribution in [0.1, 0.15) is 31.2 Å². The number of benzene rings is 1. The van der Waals surface area contributed by atoms with Gasteiger partial charge >= 0.3 is 0 Å². The standard InChI is InChI=1S/C14H16INO/c15-12-5-3-11(4-6-12)14(7-8-14)10-16-9-1-2-13(16)17/h3-6H,1-2,7-10H2. The quantitative estimate of drug-likeness (QED) is 0.774. The number of carbonyl (C=O) groups is 1. The molecule has 1 aliphatic heterocycles. The highest BCUT2D eigenvalue weighted by atomic mass is 127. The van der Waals surface area contributed by atoms with Crippen molar-refractivity contribution in [3.05, 3.63) is 33.4 Å². The van der Waals surface area contributed by atoms with Crippen LogP contribution in [0.3, 0.4) is 0 Å². The van der Waals surface area contributed by atoms with Crippen molar-refractivity contribution in [2.75, 3.05) is 13.1 Å². The van der Waals surface area contributed by atoms with Gasteiger partial charge in [0.05, 0.1) is 0 Å². The van der Waals surface area contributed by atoms with Crippen molar-refractivity contribution < 1.29 is 4.79 Å². The third-order valence-corrected chi connectivity index (χ3v) is 4.69. The van der Waals surface area contributed by atoms with Gasteiger partial charge in [-0.05, 0) is 59.5 Å². The molecule has 0 unspecified atom stereocenters. The molecule has 0 N–H and O–H groups in total. The topological polar surface area (TPSA) is 20.3 Å². The second-order valence-corrected chi connectivity index (χ2v) is 6.45. The Labute approximate surface area is 116 Å². The van der Waals surface area contributed by atoms with Crippen molar-refractivity contribution in [3.63, 3.8) is 0 Å². The Morgan fingerprint density at radius 2 is 1.94 bits per heavy atom. The molecule has 1 heterocycles. The first-order valence-corrected chi connectivity index (χ1v) is 7.31. The zero-order chi connectivity index (χ0) is 11.9. The van der Waals surface area contributed by atoms with Crippen LogP contribution in [0.2, 0.25) is 0 Å². The van der Waals surface area contributed by atoms with E-state index in [0.717, 1.165) is 25.9 Å². The maximum Gasteiger partial charge on any atom is 0.222 e. The second-order valence-electron chi connectivity index (χ2n) is 5.21. The van der Waals surface area contributed by atoms with Crippen molar-refractivity contribution in [2.24, 2.45) is 0 Å². The van der Waals surface area contributed by atoms with Gasteiger partial charge in [0, 0.05) is 28.5 Å². The fraction of sp³-hybridized carbons (Fsp3) is 0.500. The molecular formula is C14H16INO. The van der Waals surface area contributed by atoms with E-state index in [1.807, 2.05) is 0 Å². The number of likely N-dealkylation sites (tertiary alicyclic amines) is 1. The first kappa shape index (κ1) is 11.5. The van der Waals surface area contributed by atoms with Crippen molar-refractivity contribution in [1.82, 2.24) is 4.90 Å². The Morgan fingerprint density at radius 3 is 2.47 bits per heavy atom. The number of rotatable bonds is 3. The average molecular weight is 341 g/mol. The maximum absolute atomic E-state index is 11.7. The predicted molar refractivity (Wildman–Crippen MR) is 75.9 cm³/mol. The Balaban J connectivity index is 1.77. The summed E-state index contributed by atoms with van der Waals surface area (Å²) in [5.74, 6) is 0.349. The summed E-state index contributed by atoms with van der Waals surface area (Å²) in [7, 11) is 0. The number of halogens is 1. The van der Waals surface area contributed by atoms with E-state index in [1.165, 1.54) is 22.0 Å². The van der Waals surface area contributed by atoms with E-state index in [2.05, 4.69) is 51.8 Å². The minimum absolute atomic E-state index is 0.282. The molecule has 3 rings (SSSR count). The molecule has 0 bridgehead atoms. The largest absolute Gasteiger partial charge is 0.342 e. The Bertz CT molecular complexity index is 436. The molecule has 0 atom stereocenters. The predicted octanol–water partition coefficient (Wildman–Crippen LogP) is 2.95. The molecule has 17 heavy (non-hydrogen) atoms. The summed E-state index contributed by atoms with van der Waals surface area (Å²) in [6, 6.07) is 8.80. The molecule has 3 heteroatoms. The first-order chi connectivity index (χ1) is 8.20. The lowest BCUT2D eigenvalue weighted by Crippen LogP contribution is -2.33. The molecule has 1 saturated heterocycles. The van der Waals surface area contributed by atoms with Crippen molar-refractivity contribution in [1.29, 1.82) is 0 Å². The van der Waals surface area contributed by atoms with Crippen LogP contribution in [-0.4, -0.2) is 23.9 Å². The summed E-state index contributed by atoms with van der Waals surface area (Å²) in [4.78, 5) is 13.8. The number of carbonyl (C=O) groups excluding carboxylic acids is 1. The van der Waals surface area contributed by atoms with Gasteiger partial charge in [-0.25, -0.2) is 0 Å². The SMILES string of the molecule is O=C1CCCN1CC1(c2ccc(I)cc2)CC1. The van der Waals surface area contributed by atoms with Gasteiger partial charge in [0.2, 0.25) is 5.91 Å². The Hall–Kier alpha value is -0.580. The monoisotopic (exact) mass is 341 g/mol. The summed E-state index contributed by atoms with van der Waals surface area (Å²) in [5, 5.41) is 0. The molecule has 90 valence electrons. The van der Waals surface area contributed by atoms with E-state index in [9.17, 15) is 4.79 Å². The third kappa shape index (κ3) is 2.21. The summed E-state index contributed by atoms with van der Waals surface area (Å²) >= 11 is 2.33. The minimum Gasteiger partial charge on any atom is -0.342 e. The molecule has 1 aromatic carbocycles. The number of hydrogen-bond donors (Lipinski definition) is 0. The lowest BCUT2D eigenvalue weighted by atomic mass is 9.95. The van der Waals surface area contributed by atoms with Crippen molar-refractivity contribution in [2.45, 2.75) is 31.1 Å². The van der Waals surface area contributed by atoms with Crippen LogP contribution in [0, 0.1) is 3.57 Å². The van der Waals surface area contributed by atoms with E-state index in [1.54, 1.807) is 0 Å². The maximum atomic E-state index is 11.7. The molecule has 0 aromatic heterocycles. The first-order valence-electron chi connectivity index (χ1n) is 6.23. The molecule has 1 amide bonds. The van der Waals surface area contributed by atoms with E-state index in [0.29, 0.717) is 5.91 Å². The van der Waals surface area contributed by atoms with E-state index in [4.69, 9.17) is 0 Å². The Kier molecular flexibility index (Phi) is 2.89. The summed E-state index contributed by atoms with van der Waals surface area (Å²) in [6.45, 7) is 1.90. The second kappa shape index (κ2) is 4.26. The highest BCUT2D eigenvalue weighted by Crippen LogP contribution is 2.49. The molecule has 1 aliphatic carbocycles. The molecule has 0 spiro atoms. The average Bonchev–Trinajstić information content (AvgIpc) is 2.99. The lowest BCUT2D eigenvalue weighted by Gasteiger charge is -2.23. The van der Waals surface area contributed by atoms with Gasteiger partial charge in [0.1, 0.15) is 0 Å². The fourth-order valence-electron chi connectivity index (χ4n) is 2.73. The van der Waals surface area contributed by atoms with Gasteiger partial charge in [0.25, 0.3) is 0 Å². The van der Waals surface area contributed by atoms with E-state index >= 15 is 0 Å². The van der Waals surface area contributed by atoms with Crippen molar-refractivity contribution in [3.8, 4) is 0 Å².